The highest BCUT2D eigenvalue weighted by Crippen LogP contribution is 2.37. The van der Waals surface area contributed by atoms with Gasteiger partial charge in [0.05, 0.1) is 12.7 Å². The summed E-state index contributed by atoms with van der Waals surface area (Å²) in [7, 11) is 1.53. The van der Waals surface area contributed by atoms with Gasteiger partial charge in [0.1, 0.15) is 5.75 Å². The zero-order valence-electron chi connectivity index (χ0n) is 11.6. The number of hydrogen-bond acceptors (Lipinski definition) is 4. The van der Waals surface area contributed by atoms with Crippen molar-refractivity contribution in [2.24, 2.45) is 0 Å². The first-order valence-electron chi connectivity index (χ1n) is 6.21. The van der Waals surface area contributed by atoms with E-state index in [0.717, 1.165) is 5.56 Å². The van der Waals surface area contributed by atoms with Crippen LogP contribution in [0.5, 0.6) is 5.75 Å². The van der Waals surface area contributed by atoms with E-state index in [1.54, 1.807) is 0 Å². The molecule has 1 aromatic heterocycles. The third kappa shape index (κ3) is 2.32. The molecule has 0 unspecified atom stereocenters. The van der Waals surface area contributed by atoms with Crippen LogP contribution in [0.2, 0.25) is 0 Å². The standard InChI is InChI=1S/C14H17N3O3/c1-7(2)8-4-5-10(20-3)9(6-8)11-12(14(18)19)16-17-13(11)15/h4-7H,1-3H3,(H,18,19)(H3,15,16,17). The molecule has 6 heteroatoms. The first kappa shape index (κ1) is 13.9. The van der Waals surface area contributed by atoms with E-state index in [4.69, 9.17) is 10.5 Å². The molecule has 106 valence electrons. The summed E-state index contributed by atoms with van der Waals surface area (Å²) in [6, 6.07) is 5.64. The Labute approximate surface area is 116 Å². The van der Waals surface area contributed by atoms with Crippen molar-refractivity contribution in [2.45, 2.75) is 19.8 Å². The Morgan fingerprint density at radius 3 is 2.70 bits per heavy atom. The molecule has 4 N–H and O–H groups in total. The Bertz CT molecular complexity index is 647. The topological polar surface area (TPSA) is 101 Å². The number of aromatic nitrogens is 2. The highest BCUT2D eigenvalue weighted by atomic mass is 16.5. The average Bonchev–Trinajstić information content (AvgIpc) is 2.79. The van der Waals surface area contributed by atoms with Crippen LogP contribution in [0.4, 0.5) is 5.82 Å². The van der Waals surface area contributed by atoms with Gasteiger partial charge in [0.25, 0.3) is 0 Å². The number of aromatic amines is 1. The van der Waals surface area contributed by atoms with Gasteiger partial charge in [-0.15, -0.1) is 0 Å². The molecule has 1 aromatic carbocycles. The van der Waals surface area contributed by atoms with Crippen molar-refractivity contribution in [3.05, 3.63) is 29.5 Å². The molecule has 0 spiro atoms. The summed E-state index contributed by atoms with van der Waals surface area (Å²) in [5.74, 6) is -0.103. The Hall–Kier alpha value is -2.50. The summed E-state index contributed by atoms with van der Waals surface area (Å²) in [5, 5.41) is 15.4. The minimum atomic E-state index is -1.11. The molecule has 0 saturated heterocycles. The molecule has 0 aliphatic heterocycles. The van der Waals surface area contributed by atoms with E-state index in [9.17, 15) is 9.90 Å². The van der Waals surface area contributed by atoms with Crippen LogP contribution in [0.15, 0.2) is 18.2 Å². The monoisotopic (exact) mass is 275 g/mol. The molecule has 0 aliphatic carbocycles. The van der Waals surface area contributed by atoms with Gasteiger partial charge in [-0.25, -0.2) is 4.79 Å². The van der Waals surface area contributed by atoms with Crippen molar-refractivity contribution in [2.75, 3.05) is 12.8 Å². The third-order valence-electron chi connectivity index (χ3n) is 3.17. The number of aromatic carboxylic acids is 1. The van der Waals surface area contributed by atoms with Gasteiger partial charge in [-0.2, -0.15) is 5.10 Å². The number of anilines is 1. The molecule has 0 bridgehead atoms. The summed E-state index contributed by atoms with van der Waals surface area (Å²) in [6.45, 7) is 4.12. The summed E-state index contributed by atoms with van der Waals surface area (Å²) >= 11 is 0. The molecule has 1 heterocycles. The molecule has 20 heavy (non-hydrogen) atoms. The second-order valence-corrected chi connectivity index (χ2v) is 4.78. The molecule has 0 aliphatic rings. The molecule has 0 atom stereocenters. The number of H-pyrrole nitrogens is 1. The van der Waals surface area contributed by atoms with Gasteiger partial charge in [0.2, 0.25) is 0 Å². The van der Waals surface area contributed by atoms with Gasteiger partial charge in [-0.3, -0.25) is 5.10 Å². The number of benzene rings is 1. The number of nitrogens with two attached hydrogens (primary N) is 1. The number of hydrogen-bond donors (Lipinski definition) is 3. The molecule has 0 amide bonds. The van der Waals surface area contributed by atoms with Gasteiger partial charge in [-0.05, 0) is 23.6 Å². The molecule has 2 aromatic rings. The first-order valence-corrected chi connectivity index (χ1v) is 6.21. The maximum Gasteiger partial charge on any atom is 0.354 e. The van der Waals surface area contributed by atoms with E-state index in [0.29, 0.717) is 22.8 Å². The quantitative estimate of drug-likeness (QED) is 0.795. The first-order chi connectivity index (χ1) is 9.45. The Morgan fingerprint density at radius 1 is 1.45 bits per heavy atom. The zero-order valence-corrected chi connectivity index (χ0v) is 11.6. The molecule has 2 rings (SSSR count). The number of nitrogens with zero attached hydrogens (tertiary/aromatic N) is 1. The predicted molar refractivity (Wildman–Crippen MR) is 76.0 cm³/mol. The fourth-order valence-corrected chi connectivity index (χ4v) is 2.06. The lowest BCUT2D eigenvalue weighted by Crippen LogP contribution is -2.01. The fourth-order valence-electron chi connectivity index (χ4n) is 2.06. The van der Waals surface area contributed by atoms with Crippen molar-refractivity contribution in [3.63, 3.8) is 0 Å². The molecule has 6 nitrogen and oxygen atoms in total. The van der Waals surface area contributed by atoms with Crippen LogP contribution in [0.1, 0.15) is 35.8 Å². The van der Waals surface area contributed by atoms with Crippen LogP contribution in [0.3, 0.4) is 0 Å². The molecular formula is C14H17N3O3. The van der Waals surface area contributed by atoms with Gasteiger partial charge in [0, 0.05) is 5.56 Å². The number of nitrogen functional groups attached to an aromatic ring is 1. The van der Waals surface area contributed by atoms with Gasteiger partial charge in [0.15, 0.2) is 11.5 Å². The predicted octanol–water partition coefficient (Wildman–Crippen LogP) is 2.49. The lowest BCUT2D eigenvalue weighted by molar-refractivity contribution is 0.0691. The van der Waals surface area contributed by atoms with Crippen molar-refractivity contribution in [1.82, 2.24) is 10.2 Å². The van der Waals surface area contributed by atoms with Crippen LogP contribution >= 0.6 is 0 Å². The minimum Gasteiger partial charge on any atom is -0.496 e. The number of ether oxygens (including phenoxy) is 1. The van der Waals surface area contributed by atoms with Crippen molar-refractivity contribution in [3.8, 4) is 16.9 Å². The van der Waals surface area contributed by atoms with E-state index >= 15 is 0 Å². The number of carboxylic acids is 1. The zero-order chi connectivity index (χ0) is 14.9. The normalized spacial score (nSPS) is 10.8. The van der Waals surface area contributed by atoms with E-state index in [-0.39, 0.29) is 11.5 Å². The Morgan fingerprint density at radius 2 is 2.15 bits per heavy atom. The molecule has 0 saturated carbocycles. The lowest BCUT2D eigenvalue weighted by Gasteiger charge is -2.13. The highest BCUT2D eigenvalue weighted by molar-refractivity contribution is 5.98. The summed E-state index contributed by atoms with van der Waals surface area (Å²) in [5.41, 5.74) is 7.81. The number of carboxylic acid groups (broad SMARTS) is 1. The summed E-state index contributed by atoms with van der Waals surface area (Å²) in [4.78, 5) is 11.3. The van der Waals surface area contributed by atoms with Crippen molar-refractivity contribution >= 4 is 11.8 Å². The minimum absolute atomic E-state index is 0.0401. The van der Waals surface area contributed by atoms with Crippen LogP contribution in [-0.2, 0) is 0 Å². The van der Waals surface area contributed by atoms with Crippen LogP contribution in [0, 0.1) is 0 Å². The number of methoxy groups -OCH3 is 1. The van der Waals surface area contributed by atoms with Crippen LogP contribution in [0.25, 0.3) is 11.1 Å². The number of rotatable bonds is 4. The van der Waals surface area contributed by atoms with Crippen LogP contribution in [-0.4, -0.2) is 28.4 Å². The van der Waals surface area contributed by atoms with Gasteiger partial charge >= 0.3 is 5.97 Å². The lowest BCUT2D eigenvalue weighted by atomic mass is 9.96. The fraction of sp³-hybridized carbons (Fsp3) is 0.286. The van der Waals surface area contributed by atoms with Crippen molar-refractivity contribution in [1.29, 1.82) is 0 Å². The van der Waals surface area contributed by atoms with E-state index < -0.39 is 5.97 Å². The summed E-state index contributed by atoms with van der Waals surface area (Å²) in [6.07, 6.45) is 0. The largest absolute Gasteiger partial charge is 0.496 e. The second-order valence-electron chi connectivity index (χ2n) is 4.78. The van der Waals surface area contributed by atoms with Gasteiger partial charge < -0.3 is 15.6 Å². The van der Waals surface area contributed by atoms with Crippen LogP contribution < -0.4 is 10.5 Å². The van der Waals surface area contributed by atoms with E-state index in [1.165, 1.54) is 7.11 Å². The molecule has 0 fully saturated rings. The number of nitrogens with one attached hydrogen (secondary N) is 1. The highest BCUT2D eigenvalue weighted by Gasteiger charge is 2.22. The van der Waals surface area contributed by atoms with E-state index in [2.05, 4.69) is 24.0 Å². The smallest absolute Gasteiger partial charge is 0.354 e. The SMILES string of the molecule is COc1ccc(C(C)C)cc1-c1c(N)n[nH]c1C(=O)O. The second kappa shape index (κ2) is 5.24. The van der Waals surface area contributed by atoms with Crippen molar-refractivity contribution < 1.29 is 14.6 Å². The molecular weight excluding hydrogens is 258 g/mol. The van der Waals surface area contributed by atoms with E-state index in [1.807, 2.05) is 18.2 Å². The Kier molecular flexibility index (Phi) is 3.65. The maximum atomic E-state index is 11.3. The average molecular weight is 275 g/mol. The third-order valence-corrected chi connectivity index (χ3v) is 3.17. The van der Waals surface area contributed by atoms with Gasteiger partial charge in [-0.1, -0.05) is 19.9 Å². The Balaban J connectivity index is 2.70. The molecule has 0 radical (unpaired) electrons. The summed E-state index contributed by atoms with van der Waals surface area (Å²) < 4.78 is 5.30. The number of carbonyl (C=O) groups is 1. The maximum absolute atomic E-state index is 11.3.